The highest BCUT2D eigenvalue weighted by Crippen LogP contribution is 2.20. The van der Waals surface area contributed by atoms with Crippen molar-refractivity contribution < 1.29 is 4.79 Å². The fourth-order valence-electron chi connectivity index (χ4n) is 2.67. The number of rotatable bonds is 5. The standard InChI is InChI=1S/C20H21N3O/c1-16(18-7-4-3-5-8-18)22(2)20(24)19-11-9-17(10-12-19)15-23-14-6-13-21-23/h3-14,16H,15H2,1-2H3. The smallest absolute Gasteiger partial charge is 0.254 e. The fraction of sp³-hybridized carbons (Fsp3) is 0.200. The summed E-state index contributed by atoms with van der Waals surface area (Å²) in [5, 5.41) is 4.20. The molecule has 0 saturated carbocycles. The van der Waals surface area contributed by atoms with Crippen LogP contribution in [0.3, 0.4) is 0 Å². The maximum Gasteiger partial charge on any atom is 0.254 e. The van der Waals surface area contributed by atoms with Crippen molar-refractivity contribution in [3.8, 4) is 0 Å². The van der Waals surface area contributed by atoms with E-state index in [1.54, 1.807) is 11.1 Å². The van der Waals surface area contributed by atoms with E-state index in [0.29, 0.717) is 12.1 Å². The van der Waals surface area contributed by atoms with Gasteiger partial charge in [0, 0.05) is 25.0 Å². The molecule has 1 atom stereocenters. The van der Waals surface area contributed by atoms with Gasteiger partial charge in [0.2, 0.25) is 0 Å². The summed E-state index contributed by atoms with van der Waals surface area (Å²) in [4.78, 5) is 14.5. The third-order valence-electron chi connectivity index (χ3n) is 4.29. The van der Waals surface area contributed by atoms with E-state index in [4.69, 9.17) is 0 Å². The zero-order valence-corrected chi connectivity index (χ0v) is 14.0. The van der Waals surface area contributed by atoms with Crippen molar-refractivity contribution in [3.63, 3.8) is 0 Å². The molecule has 0 bridgehead atoms. The summed E-state index contributed by atoms with van der Waals surface area (Å²) in [6.45, 7) is 2.75. The summed E-state index contributed by atoms with van der Waals surface area (Å²) in [7, 11) is 1.84. The second-order valence-electron chi connectivity index (χ2n) is 5.90. The first-order chi connectivity index (χ1) is 11.6. The Kier molecular flexibility index (Phi) is 4.75. The molecular formula is C20H21N3O. The topological polar surface area (TPSA) is 38.1 Å². The molecular weight excluding hydrogens is 298 g/mol. The van der Waals surface area contributed by atoms with Crippen molar-refractivity contribution in [2.75, 3.05) is 7.05 Å². The van der Waals surface area contributed by atoms with E-state index < -0.39 is 0 Å². The molecule has 0 aliphatic heterocycles. The van der Waals surface area contributed by atoms with Crippen LogP contribution in [0, 0.1) is 0 Å². The summed E-state index contributed by atoms with van der Waals surface area (Å²) in [5.74, 6) is 0.0250. The average molecular weight is 319 g/mol. The average Bonchev–Trinajstić information content (AvgIpc) is 3.14. The van der Waals surface area contributed by atoms with E-state index in [9.17, 15) is 4.79 Å². The zero-order chi connectivity index (χ0) is 16.9. The number of amides is 1. The Hall–Kier alpha value is -2.88. The fourth-order valence-corrected chi connectivity index (χ4v) is 2.67. The van der Waals surface area contributed by atoms with E-state index in [2.05, 4.69) is 5.10 Å². The van der Waals surface area contributed by atoms with Gasteiger partial charge in [-0.05, 0) is 36.2 Å². The van der Waals surface area contributed by atoms with Gasteiger partial charge in [-0.2, -0.15) is 5.10 Å². The van der Waals surface area contributed by atoms with Gasteiger partial charge in [-0.25, -0.2) is 0 Å². The normalized spacial score (nSPS) is 11.9. The van der Waals surface area contributed by atoms with Crippen molar-refractivity contribution in [3.05, 3.63) is 89.7 Å². The number of aromatic nitrogens is 2. The SMILES string of the molecule is CC(c1ccccc1)N(C)C(=O)c1ccc(Cn2cccn2)cc1. The van der Waals surface area contributed by atoms with Crippen molar-refractivity contribution in [2.24, 2.45) is 0 Å². The first-order valence-electron chi connectivity index (χ1n) is 8.03. The zero-order valence-electron chi connectivity index (χ0n) is 14.0. The van der Waals surface area contributed by atoms with E-state index >= 15 is 0 Å². The molecule has 0 saturated heterocycles. The lowest BCUT2D eigenvalue weighted by Gasteiger charge is -2.25. The van der Waals surface area contributed by atoms with Gasteiger partial charge in [0.05, 0.1) is 12.6 Å². The molecule has 4 heteroatoms. The minimum absolute atomic E-state index is 0.0250. The Morgan fingerprint density at radius 2 is 1.79 bits per heavy atom. The number of nitrogens with zero attached hydrogens (tertiary/aromatic N) is 3. The number of hydrogen-bond acceptors (Lipinski definition) is 2. The summed E-state index contributed by atoms with van der Waals surface area (Å²) in [6, 6.07) is 19.7. The Balaban J connectivity index is 1.70. The molecule has 24 heavy (non-hydrogen) atoms. The molecule has 0 radical (unpaired) electrons. The molecule has 0 aliphatic carbocycles. The third-order valence-corrected chi connectivity index (χ3v) is 4.29. The van der Waals surface area contributed by atoms with Gasteiger partial charge in [0.1, 0.15) is 0 Å². The molecule has 2 aromatic carbocycles. The first kappa shape index (κ1) is 16.0. The van der Waals surface area contributed by atoms with Gasteiger partial charge in [0.25, 0.3) is 5.91 Å². The van der Waals surface area contributed by atoms with Gasteiger partial charge in [0.15, 0.2) is 0 Å². The van der Waals surface area contributed by atoms with Gasteiger partial charge in [-0.1, -0.05) is 42.5 Å². The minimum Gasteiger partial charge on any atom is -0.335 e. The molecule has 1 aromatic heterocycles. The van der Waals surface area contributed by atoms with Crippen LogP contribution >= 0.6 is 0 Å². The number of carbonyl (C=O) groups excluding carboxylic acids is 1. The van der Waals surface area contributed by atoms with Gasteiger partial charge in [-0.15, -0.1) is 0 Å². The lowest BCUT2D eigenvalue weighted by Crippen LogP contribution is -2.29. The molecule has 3 aromatic rings. The molecule has 0 N–H and O–H groups in total. The van der Waals surface area contributed by atoms with Crippen molar-refractivity contribution in [1.82, 2.24) is 14.7 Å². The Bertz CT molecular complexity index is 780. The second-order valence-corrected chi connectivity index (χ2v) is 5.90. The van der Waals surface area contributed by atoms with Crippen LogP contribution in [0.5, 0.6) is 0 Å². The number of carbonyl (C=O) groups is 1. The molecule has 1 heterocycles. The van der Waals surface area contributed by atoms with Crippen LogP contribution in [0.25, 0.3) is 0 Å². The minimum atomic E-state index is 0.0250. The van der Waals surface area contributed by atoms with Crippen LogP contribution in [0.4, 0.5) is 0 Å². The highest BCUT2D eigenvalue weighted by molar-refractivity contribution is 5.94. The lowest BCUT2D eigenvalue weighted by atomic mass is 10.1. The largest absolute Gasteiger partial charge is 0.335 e. The Morgan fingerprint density at radius 3 is 2.42 bits per heavy atom. The lowest BCUT2D eigenvalue weighted by molar-refractivity contribution is 0.0742. The van der Waals surface area contributed by atoms with Gasteiger partial charge in [-0.3, -0.25) is 9.48 Å². The molecule has 1 amide bonds. The Labute approximate surface area is 142 Å². The first-order valence-corrected chi connectivity index (χ1v) is 8.03. The van der Waals surface area contributed by atoms with Crippen LogP contribution < -0.4 is 0 Å². The van der Waals surface area contributed by atoms with Crippen molar-refractivity contribution in [2.45, 2.75) is 19.5 Å². The molecule has 4 nitrogen and oxygen atoms in total. The monoisotopic (exact) mass is 319 g/mol. The predicted octanol–water partition coefficient (Wildman–Crippen LogP) is 3.76. The molecule has 1 unspecified atom stereocenters. The number of hydrogen-bond donors (Lipinski definition) is 0. The number of benzene rings is 2. The van der Waals surface area contributed by atoms with E-state index in [1.165, 1.54) is 0 Å². The van der Waals surface area contributed by atoms with Crippen LogP contribution in [0.15, 0.2) is 73.1 Å². The summed E-state index contributed by atoms with van der Waals surface area (Å²) < 4.78 is 1.86. The molecule has 122 valence electrons. The van der Waals surface area contributed by atoms with Crippen LogP contribution in [-0.2, 0) is 6.54 Å². The molecule has 0 fully saturated rings. The van der Waals surface area contributed by atoms with Crippen molar-refractivity contribution >= 4 is 5.91 Å². The maximum atomic E-state index is 12.7. The second kappa shape index (κ2) is 7.13. The van der Waals surface area contributed by atoms with E-state index in [1.807, 2.05) is 85.5 Å². The molecule has 0 aliphatic rings. The Morgan fingerprint density at radius 1 is 1.08 bits per heavy atom. The highest BCUT2D eigenvalue weighted by atomic mass is 16.2. The quantitative estimate of drug-likeness (QED) is 0.718. The van der Waals surface area contributed by atoms with Gasteiger partial charge < -0.3 is 4.90 Å². The van der Waals surface area contributed by atoms with E-state index in [0.717, 1.165) is 11.1 Å². The molecule has 3 rings (SSSR count). The van der Waals surface area contributed by atoms with Crippen LogP contribution in [-0.4, -0.2) is 27.6 Å². The molecule has 0 spiro atoms. The van der Waals surface area contributed by atoms with Gasteiger partial charge >= 0.3 is 0 Å². The summed E-state index contributed by atoms with van der Waals surface area (Å²) in [6.07, 6.45) is 3.69. The summed E-state index contributed by atoms with van der Waals surface area (Å²) in [5.41, 5.74) is 2.95. The maximum absolute atomic E-state index is 12.7. The summed E-state index contributed by atoms with van der Waals surface area (Å²) >= 11 is 0. The van der Waals surface area contributed by atoms with Crippen LogP contribution in [0.2, 0.25) is 0 Å². The van der Waals surface area contributed by atoms with E-state index in [-0.39, 0.29) is 11.9 Å². The third kappa shape index (κ3) is 3.54. The van der Waals surface area contributed by atoms with Crippen molar-refractivity contribution in [1.29, 1.82) is 0 Å². The van der Waals surface area contributed by atoms with Crippen LogP contribution in [0.1, 0.15) is 34.5 Å². The predicted molar refractivity (Wildman–Crippen MR) is 94.7 cm³/mol. The highest BCUT2D eigenvalue weighted by Gasteiger charge is 2.18.